The number of nitrogens with one attached hydrogen (secondary N) is 2. The van der Waals surface area contributed by atoms with Gasteiger partial charge in [-0.25, -0.2) is 4.79 Å². The van der Waals surface area contributed by atoms with Gasteiger partial charge in [-0.3, -0.25) is 4.79 Å². The maximum Gasteiger partial charge on any atom is 0.337 e. The van der Waals surface area contributed by atoms with Crippen LogP contribution in [0, 0.1) is 20.8 Å². The van der Waals surface area contributed by atoms with Crippen LogP contribution in [0.2, 0.25) is 0 Å². The summed E-state index contributed by atoms with van der Waals surface area (Å²) in [7, 11) is 1.38. The molecule has 1 aliphatic rings. The first-order valence-corrected chi connectivity index (χ1v) is 12.1. The van der Waals surface area contributed by atoms with E-state index < -0.39 is 0 Å². The third kappa shape index (κ3) is 4.75. The minimum Gasteiger partial charge on any atom is -0.465 e. The Bertz CT molecular complexity index is 1280. The molecule has 4 rings (SSSR count). The molecule has 1 aliphatic heterocycles. The molecule has 0 aliphatic carbocycles. The van der Waals surface area contributed by atoms with Gasteiger partial charge < -0.3 is 19.9 Å². The number of ether oxygens (including phenoxy) is 1. The van der Waals surface area contributed by atoms with Crippen LogP contribution in [-0.4, -0.2) is 29.1 Å². The lowest BCUT2D eigenvalue weighted by Crippen LogP contribution is -2.30. The van der Waals surface area contributed by atoms with Crippen molar-refractivity contribution in [2.75, 3.05) is 12.4 Å². The number of hydrogen-bond acceptors (Lipinski definition) is 5. The fraction of sp³-hybridized carbons (Fsp3) is 0.259. The summed E-state index contributed by atoms with van der Waals surface area (Å²) < 4.78 is 6.99. The van der Waals surface area contributed by atoms with E-state index in [4.69, 9.17) is 4.74 Å². The zero-order valence-corrected chi connectivity index (χ0v) is 20.9. The summed E-state index contributed by atoms with van der Waals surface area (Å²) >= 11 is 1.47. The Kier molecular flexibility index (Phi) is 6.84. The Morgan fingerprint density at radius 3 is 2.56 bits per heavy atom. The van der Waals surface area contributed by atoms with Gasteiger partial charge in [0.05, 0.1) is 17.6 Å². The van der Waals surface area contributed by atoms with Gasteiger partial charge in [0, 0.05) is 22.8 Å². The zero-order valence-electron chi connectivity index (χ0n) is 20.1. The van der Waals surface area contributed by atoms with Gasteiger partial charge in [0.15, 0.2) is 5.50 Å². The van der Waals surface area contributed by atoms with Crippen LogP contribution in [0.4, 0.5) is 5.69 Å². The van der Waals surface area contributed by atoms with Crippen molar-refractivity contribution >= 4 is 35.4 Å². The van der Waals surface area contributed by atoms with Crippen LogP contribution in [0.15, 0.2) is 53.4 Å². The first-order valence-electron chi connectivity index (χ1n) is 11.2. The molecule has 0 bridgehead atoms. The summed E-state index contributed by atoms with van der Waals surface area (Å²) in [5, 5.41) is 6.36. The van der Waals surface area contributed by atoms with Gasteiger partial charge in [-0.2, -0.15) is 0 Å². The number of thioether (sulfide) groups is 1. The topological polar surface area (TPSA) is 72.4 Å². The van der Waals surface area contributed by atoms with Crippen molar-refractivity contribution in [1.82, 2.24) is 9.88 Å². The van der Waals surface area contributed by atoms with E-state index in [0.29, 0.717) is 10.5 Å². The van der Waals surface area contributed by atoms with Gasteiger partial charge in [-0.05, 0) is 80.3 Å². The van der Waals surface area contributed by atoms with Crippen LogP contribution in [0.1, 0.15) is 45.4 Å². The van der Waals surface area contributed by atoms with Crippen molar-refractivity contribution in [3.05, 3.63) is 87.1 Å². The number of aryl methyl sites for hydroxylation is 3. The number of anilines is 1. The van der Waals surface area contributed by atoms with Crippen LogP contribution >= 0.6 is 11.8 Å². The average molecular weight is 476 g/mol. The van der Waals surface area contributed by atoms with Gasteiger partial charge in [0.2, 0.25) is 0 Å². The van der Waals surface area contributed by atoms with Crippen LogP contribution in [0.5, 0.6) is 0 Å². The normalized spacial score (nSPS) is 16.6. The van der Waals surface area contributed by atoms with Gasteiger partial charge in [-0.1, -0.05) is 36.9 Å². The third-order valence-electron chi connectivity index (χ3n) is 6.02. The van der Waals surface area contributed by atoms with Gasteiger partial charge in [-0.15, -0.1) is 0 Å². The quantitative estimate of drug-likeness (QED) is 0.371. The number of methoxy groups -OCH3 is 1. The van der Waals surface area contributed by atoms with Crippen LogP contribution < -0.4 is 10.6 Å². The molecular formula is C27H29N3O3S. The average Bonchev–Trinajstić information content (AvgIpc) is 3.31. The molecule has 0 spiro atoms. The van der Waals surface area contributed by atoms with Crippen LogP contribution in [0.25, 0.3) is 11.8 Å². The number of carbonyl (C=O) groups is 2. The smallest absolute Gasteiger partial charge is 0.337 e. The van der Waals surface area contributed by atoms with E-state index in [2.05, 4.69) is 40.3 Å². The van der Waals surface area contributed by atoms with Crippen molar-refractivity contribution in [2.24, 2.45) is 0 Å². The largest absolute Gasteiger partial charge is 0.465 e. The van der Waals surface area contributed by atoms with Crippen molar-refractivity contribution in [3.8, 4) is 5.69 Å². The standard InChI is InChI=1S/C27H29N3O3S/c1-6-19-8-11-22(12-9-19)28-27-29-25(31)24(34-27)15-21-13-17(3)30(18(21)4)23-14-20(26(32)33-5)10-7-16(23)2/h7-15,27-28H,6H2,1-5H3,(H,29,31)/b24-15-/t27-/m1/s1. The molecule has 1 fully saturated rings. The summed E-state index contributed by atoms with van der Waals surface area (Å²) in [5.41, 5.74) is 7.45. The van der Waals surface area contributed by atoms with E-state index in [1.165, 1.54) is 24.4 Å². The molecule has 34 heavy (non-hydrogen) atoms. The molecule has 2 heterocycles. The number of aromatic nitrogens is 1. The molecule has 1 amide bonds. The second-order valence-corrected chi connectivity index (χ2v) is 9.48. The van der Waals surface area contributed by atoms with Crippen LogP contribution in [-0.2, 0) is 16.0 Å². The second-order valence-electron chi connectivity index (χ2n) is 8.33. The minimum absolute atomic E-state index is 0.0960. The molecular weight excluding hydrogens is 446 g/mol. The van der Waals surface area contributed by atoms with E-state index in [1.807, 2.05) is 51.1 Å². The highest BCUT2D eigenvalue weighted by atomic mass is 32.2. The molecule has 2 N–H and O–H groups in total. The molecule has 1 atom stereocenters. The fourth-order valence-corrected chi connectivity index (χ4v) is 5.07. The van der Waals surface area contributed by atoms with Crippen molar-refractivity contribution in [2.45, 2.75) is 39.6 Å². The first kappa shape index (κ1) is 23.7. The molecule has 0 unspecified atom stereocenters. The van der Waals surface area contributed by atoms with E-state index >= 15 is 0 Å². The Balaban J connectivity index is 1.59. The Morgan fingerprint density at radius 2 is 1.88 bits per heavy atom. The third-order valence-corrected chi connectivity index (χ3v) is 7.05. The number of amides is 1. The molecule has 7 heteroatoms. The molecule has 176 valence electrons. The zero-order chi connectivity index (χ0) is 24.4. The van der Waals surface area contributed by atoms with Gasteiger partial charge >= 0.3 is 5.97 Å². The summed E-state index contributed by atoms with van der Waals surface area (Å²) in [6.45, 7) is 8.18. The van der Waals surface area contributed by atoms with E-state index in [9.17, 15) is 9.59 Å². The lowest BCUT2D eigenvalue weighted by molar-refractivity contribution is -0.116. The predicted molar refractivity (Wildman–Crippen MR) is 138 cm³/mol. The molecule has 1 saturated heterocycles. The number of carbonyl (C=O) groups excluding carboxylic acids is 2. The Labute approximate surface area is 204 Å². The molecule has 2 aromatic carbocycles. The van der Waals surface area contributed by atoms with Crippen molar-refractivity contribution < 1.29 is 14.3 Å². The van der Waals surface area contributed by atoms with E-state index in [-0.39, 0.29) is 17.4 Å². The Hall–Kier alpha value is -3.45. The number of benzene rings is 2. The summed E-state index contributed by atoms with van der Waals surface area (Å²) in [5.74, 6) is -0.464. The lowest BCUT2D eigenvalue weighted by Gasteiger charge is -2.14. The molecule has 1 aromatic heterocycles. The molecule has 0 radical (unpaired) electrons. The number of rotatable bonds is 6. The van der Waals surface area contributed by atoms with Crippen molar-refractivity contribution in [1.29, 1.82) is 0 Å². The van der Waals surface area contributed by atoms with Crippen molar-refractivity contribution in [3.63, 3.8) is 0 Å². The fourth-order valence-electron chi connectivity index (χ4n) is 4.09. The number of esters is 1. The maximum atomic E-state index is 12.7. The lowest BCUT2D eigenvalue weighted by atomic mass is 10.1. The molecule has 6 nitrogen and oxygen atoms in total. The summed E-state index contributed by atoms with van der Waals surface area (Å²) in [6, 6.07) is 15.8. The van der Waals surface area contributed by atoms with E-state index in [0.717, 1.165) is 40.3 Å². The highest BCUT2D eigenvalue weighted by Crippen LogP contribution is 2.32. The summed E-state index contributed by atoms with van der Waals surface area (Å²) in [4.78, 5) is 25.4. The first-order chi connectivity index (χ1) is 16.3. The van der Waals surface area contributed by atoms with Gasteiger partial charge in [0.1, 0.15) is 0 Å². The minimum atomic E-state index is -0.368. The van der Waals surface area contributed by atoms with Crippen LogP contribution in [0.3, 0.4) is 0 Å². The SMILES string of the molecule is CCc1ccc(N[C@@H]2NC(=O)/C(=C/c3cc(C)n(-c4cc(C(=O)OC)ccc4C)c3C)S2)cc1. The Morgan fingerprint density at radius 1 is 1.15 bits per heavy atom. The number of hydrogen-bond donors (Lipinski definition) is 2. The second kappa shape index (κ2) is 9.81. The van der Waals surface area contributed by atoms with Gasteiger partial charge in [0.25, 0.3) is 5.91 Å². The number of nitrogens with zero attached hydrogens (tertiary/aromatic N) is 1. The summed E-state index contributed by atoms with van der Waals surface area (Å²) in [6.07, 6.45) is 2.92. The highest BCUT2D eigenvalue weighted by Gasteiger charge is 2.27. The highest BCUT2D eigenvalue weighted by molar-refractivity contribution is 8.05. The van der Waals surface area contributed by atoms with E-state index in [1.54, 1.807) is 6.07 Å². The maximum absolute atomic E-state index is 12.7. The molecule has 0 saturated carbocycles. The predicted octanol–water partition coefficient (Wildman–Crippen LogP) is 5.35. The monoisotopic (exact) mass is 475 g/mol. The molecule has 3 aromatic rings.